The van der Waals surface area contributed by atoms with Gasteiger partial charge in [0.2, 0.25) is 0 Å². The molecule has 0 bridgehead atoms. The Balaban J connectivity index is 2.28. The Labute approximate surface area is 91.2 Å². The van der Waals surface area contributed by atoms with E-state index < -0.39 is 5.60 Å². The van der Waals surface area contributed by atoms with Crippen LogP contribution in [0.2, 0.25) is 0 Å². The number of hydrogen-bond acceptors (Lipinski definition) is 3. The zero-order chi connectivity index (χ0) is 10.0. The van der Waals surface area contributed by atoms with Gasteiger partial charge >= 0.3 is 0 Å². The maximum atomic E-state index is 10.3. The topological polar surface area (TPSA) is 42.4 Å². The van der Waals surface area contributed by atoms with Gasteiger partial charge in [-0.25, -0.2) is 4.98 Å². The van der Waals surface area contributed by atoms with Gasteiger partial charge < -0.3 is 9.84 Å². The van der Waals surface area contributed by atoms with Gasteiger partial charge in [-0.15, -0.1) is 0 Å². The molecular weight excluding hydrogens is 246 g/mol. The maximum absolute atomic E-state index is 10.3. The van der Waals surface area contributed by atoms with Crippen LogP contribution in [0.15, 0.2) is 22.8 Å². The Morgan fingerprint density at radius 1 is 1.36 bits per heavy atom. The summed E-state index contributed by atoms with van der Waals surface area (Å²) >= 11 is 3.30. The van der Waals surface area contributed by atoms with Crippen molar-refractivity contribution in [1.29, 1.82) is 0 Å². The molecule has 1 aliphatic heterocycles. The van der Waals surface area contributed by atoms with Gasteiger partial charge in [0.15, 0.2) is 0 Å². The summed E-state index contributed by atoms with van der Waals surface area (Å²) in [5, 5.41) is 10.3. The third-order valence-corrected chi connectivity index (χ3v) is 2.95. The number of hydrogen-bond donors (Lipinski definition) is 1. The van der Waals surface area contributed by atoms with Crippen LogP contribution in [0.5, 0.6) is 0 Å². The van der Waals surface area contributed by atoms with Gasteiger partial charge in [0.05, 0.1) is 5.69 Å². The van der Waals surface area contributed by atoms with Crippen molar-refractivity contribution in [3.8, 4) is 0 Å². The number of ether oxygens (including phenoxy) is 1. The van der Waals surface area contributed by atoms with Crippen molar-refractivity contribution in [2.45, 2.75) is 18.4 Å². The SMILES string of the molecule is OC1(c2cccc(Br)n2)CCOCC1. The van der Waals surface area contributed by atoms with E-state index in [1.54, 1.807) is 0 Å². The number of rotatable bonds is 1. The van der Waals surface area contributed by atoms with E-state index in [-0.39, 0.29) is 0 Å². The molecule has 0 aromatic carbocycles. The molecule has 0 amide bonds. The van der Waals surface area contributed by atoms with E-state index >= 15 is 0 Å². The van der Waals surface area contributed by atoms with E-state index in [0.717, 1.165) is 10.3 Å². The number of aliphatic hydroxyl groups is 1. The molecule has 14 heavy (non-hydrogen) atoms. The first-order valence-electron chi connectivity index (χ1n) is 4.64. The monoisotopic (exact) mass is 257 g/mol. The lowest BCUT2D eigenvalue weighted by atomic mass is 9.90. The third-order valence-electron chi connectivity index (χ3n) is 2.51. The average molecular weight is 258 g/mol. The molecule has 1 aliphatic rings. The van der Waals surface area contributed by atoms with E-state index in [1.165, 1.54) is 0 Å². The second-order valence-electron chi connectivity index (χ2n) is 3.49. The fourth-order valence-electron chi connectivity index (χ4n) is 1.63. The molecule has 0 aliphatic carbocycles. The van der Waals surface area contributed by atoms with Gasteiger partial charge in [-0.3, -0.25) is 0 Å². The zero-order valence-corrected chi connectivity index (χ0v) is 9.33. The van der Waals surface area contributed by atoms with Gasteiger partial charge in [0.25, 0.3) is 0 Å². The molecule has 0 saturated carbocycles. The largest absolute Gasteiger partial charge is 0.383 e. The van der Waals surface area contributed by atoms with Crippen LogP contribution in [-0.2, 0) is 10.3 Å². The molecule has 0 unspecified atom stereocenters. The molecule has 1 N–H and O–H groups in total. The normalized spacial score (nSPS) is 20.7. The standard InChI is InChI=1S/C10H12BrNO2/c11-9-3-1-2-8(12-9)10(13)4-6-14-7-5-10/h1-3,13H,4-7H2. The summed E-state index contributed by atoms with van der Waals surface area (Å²) in [6.07, 6.45) is 1.24. The van der Waals surface area contributed by atoms with Crippen molar-refractivity contribution in [3.63, 3.8) is 0 Å². The van der Waals surface area contributed by atoms with E-state index in [4.69, 9.17) is 4.74 Å². The fourth-order valence-corrected chi connectivity index (χ4v) is 1.98. The Morgan fingerprint density at radius 3 is 2.71 bits per heavy atom. The van der Waals surface area contributed by atoms with Gasteiger partial charge in [0, 0.05) is 26.1 Å². The molecule has 1 aromatic rings. The number of halogens is 1. The van der Waals surface area contributed by atoms with Crippen molar-refractivity contribution in [1.82, 2.24) is 4.98 Å². The molecule has 0 atom stereocenters. The van der Waals surface area contributed by atoms with Crippen LogP contribution in [0.1, 0.15) is 18.5 Å². The minimum atomic E-state index is -0.804. The van der Waals surface area contributed by atoms with Gasteiger partial charge in [-0.1, -0.05) is 6.07 Å². The maximum Gasteiger partial charge on any atom is 0.111 e. The van der Waals surface area contributed by atoms with Crippen LogP contribution in [-0.4, -0.2) is 23.3 Å². The van der Waals surface area contributed by atoms with Crippen molar-refractivity contribution < 1.29 is 9.84 Å². The van der Waals surface area contributed by atoms with E-state index in [0.29, 0.717) is 26.1 Å². The Hall–Kier alpha value is -0.450. The molecule has 0 radical (unpaired) electrons. The lowest BCUT2D eigenvalue weighted by Gasteiger charge is -2.31. The van der Waals surface area contributed by atoms with Gasteiger partial charge in [-0.05, 0) is 28.1 Å². The molecule has 0 spiro atoms. The number of nitrogens with zero attached hydrogens (tertiary/aromatic N) is 1. The predicted molar refractivity (Wildman–Crippen MR) is 55.9 cm³/mol. The second-order valence-corrected chi connectivity index (χ2v) is 4.30. The van der Waals surface area contributed by atoms with Crippen molar-refractivity contribution in [2.75, 3.05) is 13.2 Å². The number of aromatic nitrogens is 1. The van der Waals surface area contributed by atoms with Crippen molar-refractivity contribution >= 4 is 15.9 Å². The van der Waals surface area contributed by atoms with Crippen LogP contribution in [0.25, 0.3) is 0 Å². The summed E-state index contributed by atoms with van der Waals surface area (Å²) in [5.74, 6) is 0. The first-order chi connectivity index (χ1) is 6.71. The quantitative estimate of drug-likeness (QED) is 0.781. The summed E-state index contributed by atoms with van der Waals surface area (Å²) in [6, 6.07) is 5.60. The molecule has 4 heteroatoms. The first-order valence-corrected chi connectivity index (χ1v) is 5.43. The highest BCUT2D eigenvalue weighted by molar-refractivity contribution is 9.10. The molecule has 1 aromatic heterocycles. The molecule has 1 fully saturated rings. The van der Waals surface area contributed by atoms with Crippen LogP contribution in [0.4, 0.5) is 0 Å². The average Bonchev–Trinajstić information content (AvgIpc) is 2.19. The summed E-state index contributed by atoms with van der Waals surface area (Å²) < 4.78 is 5.98. The van der Waals surface area contributed by atoms with Crippen molar-refractivity contribution in [2.24, 2.45) is 0 Å². The highest BCUT2D eigenvalue weighted by Gasteiger charge is 2.33. The van der Waals surface area contributed by atoms with Gasteiger partial charge in [-0.2, -0.15) is 0 Å². The molecule has 2 heterocycles. The Morgan fingerprint density at radius 2 is 2.07 bits per heavy atom. The zero-order valence-electron chi connectivity index (χ0n) is 7.74. The summed E-state index contributed by atoms with van der Waals surface area (Å²) in [7, 11) is 0. The smallest absolute Gasteiger partial charge is 0.111 e. The lowest BCUT2D eigenvalue weighted by molar-refractivity contribution is -0.0706. The fraction of sp³-hybridized carbons (Fsp3) is 0.500. The highest BCUT2D eigenvalue weighted by Crippen LogP contribution is 2.30. The highest BCUT2D eigenvalue weighted by atomic mass is 79.9. The summed E-state index contributed by atoms with van der Waals surface area (Å²) in [6.45, 7) is 1.20. The molecule has 76 valence electrons. The lowest BCUT2D eigenvalue weighted by Crippen LogP contribution is -2.34. The van der Waals surface area contributed by atoms with Gasteiger partial charge in [0.1, 0.15) is 10.2 Å². The minimum Gasteiger partial charge on any atom is -0.383 e. The van der Waals surface area contributed by atoms with Crippen LogP contribution >= 0.6 is 15.9 Å². The summed E-state index contributed by atoms with van der Waals surface area (Å²) in [4.78, 5) is 4.28. The number of pyridine rings is 1. The van der Waals surface area contributed by atoms with E-state index in [1.807, 2.05) is 18.2 Å². The van der Waals surface area contributed by atoms with E-state index in [9.17, 15) is 5.11 Å². The molecule has 3 nitrogen and oxygen atoms in total. The van der Waals surface area contributed by atoms with Crippen LogP contribution < -0.4 is 0 Å². The third kappa shape index (κ3) is 1.97. The summed E-state index contributed by atoms with van der Waals surface area (Å²) in [5.41, 5.74) is -0.0719. The Bertz CT molecular complexity index is 324. The van der Waals surface area contributed by atoms with E-state index in [2.05, 4.69) is 20.9 Å². The molecule has 2 rings (SSSR count). The first kappa shape index (κ1) is 10.1. The molecular formula is C10H12BrNO2. The Kier molecular flexibility index (Phi) is 2.85. The second kappa shape index (κ2) is 3.96. The van der Waals surface area contributed by atoms with Crippen LogP contribution in [0.3, 0.4) is 0 Å². The predicted octanol–water partition coefficient (Wildman–Crippen LogP) is 1.84. The van der Waals surface area contributed by atoms with Crippen molar-refractivity contribution in [3.05, 3.63) is 28.5 Å². The van der Waals surface area contributed by atoms with Crippen LogP contribution in [0, 0.1) is 0 Å². The molecule has 1 saturated heterocycles. The minimum absolute atomic E-state index is 0.602.